The van der Waals surface area contributed by atoms with Gasteiger partial charge in [-0.1, -0.05) is 35.9 Å². The van der Waals surface area contributed by atoms with Crippen molar-refractivity contribution in [2.75, 3.05) is 7.11 Å². The largest absolute Gasteiger partial charge is 0.494 e. The quantitative estimate of drug-likeness (QED) is 0.746. The van der Waals surface area contributed by atoms with Gasteiger partial charge in [-0.05, 0) is 29.8 Å². The molecule has 3 heteroatoms. The number of hydrogen-bond acceptors (Lipinski definition) is 2. The summed E-state index contributed by atoms with van der Waals surface area (Å²) in [6.45, 7) is 0. The number of aliphatic imine (C=N–C) groups is 1. The molecule has 2 aromatic rings. The van der Waals surface area contributed by atoms with E-state index in [0.29, 0.717) is 5.02 Å². The minimum absolute atomic E-state index is 0.703. The molecule has 2 rings (SSSR count). The average Bonchev–Trinajstić information content (AvgIpc) is 2.37. The van der Waals surface area contributed by atoms with Gasteiger partial charge in [-0.3, -0.25) is 4.99 Å². The van der Waals surface area contributed by atoms with Crippen LogP contribution in [0.5, 0.6) is 5.75 Å². The lowest BCUT2D eigenvalue weighted by molar-refractivity contribution is 0.416. The Morgan fingerprint density at radius 3 is 2.71 bits per heavy atom. The minimum atomic E-state index is 0.703. The standard InChI is InChI=1S/C14H12ClNO/c1-17-14-8-3-2-7-13(14)16-10-11-5-4-6-12(15)9-11/h2-10H,1H3. The molecular formula is C14H12ClNO. The third-order valence-electron chi connectivity index (χ3n) is 2.29. The zero-order chi connectivity index (χ0) is 12.1. The molecule has 0 radical (unpaired) electrons. The first-order valence-corrected chi connectivity index (χ1v) is 5.60. The van der Waals surface area contributed by atoms with E-state index in [-0.39, 0.29) is 0 Å². The van der Waals surface area contributed by atoms with Crippen LogP contribution in [0.25, 0.3) is 0 Å². The van der Waals surface area contributed by atoms with Crippen LogP contribution >= 0.6 is 11.6 Å². The second-order valence-corrected chi connectivity index (χ2v) is 3.92. The molecule has 0 amide bonds. The molecule has 0 spiro atoms. The van der Waals surface area contributed by atoms with Crippen LogP contribution in [0.15, 0.2) is 53.5 Å². The van der Waals surface area contributed by atoms with E-state index in [1.807, 2.05) is 48.5 Å². The summed E-state index contributed by atoms with van der Waals surface area (Å²) in [6.07, 6.45) is 1.77. The highest BCUT2D eigenvalue weighted by molar-refractivity contribution is 6.30. The molecule has 0 aliphatic carbocycles. The summed E-state index contributed by atoms with van der Waals surface area (Å²) < 4.78 is 5.22. The average molecular weight is 246 g/mol. The van der Waals surface area contributed by atoms with Gasteiger partial charge < -0.3 is 4.74 Å². The first-order valence-electron chi connectivity index (χ1n) is 5.22. The van der Waals surface area contributed by atoms with Crippen molar-refractivity contribution in [3.05, 3.63) is 59.1 Å². The van der Waals surface area contributed by atoms with Gasteiger partial charge in [-0.25, -0.2) is 0 Å². The second kappa shape index (κ2) is 5.51. The Morgan fingerprint density at radius 2 is 1.94 bits per heavy atom. The molecular weight excluding hydrogens is 234 g/mol. The van der Waals surface area contributed by atoms with Crippen molar-refractivity contribution in [1.29, 1.82) is 0 Å². The van der Waals surface area contributed by atoms with E-state index < -0.39 is 0 Å². The fourth-order valence-corrected chi connectivity index (χ4v) is 1.67. The molecule has 2 nitrogen and oxygen atoms in total. The topological polar surface area (TPSA) is 21.6 Å². The second-order valence-electron chi connectivity index (χ2n) is 3.49. The third kappa shape index (κ3) is 3.08. The predicted octanol–water partition coefficient (Wildman–Crippen LogP) is 4.10. The van der Waals surface area contributed by atoms with Crippen LogP contribution in [-0.2, 0) is 0 Å². The van der Waals surface area contributed by atoms with E-state index >= 15 is 0 Å². The van der Waals surface area contributed by atoms with Gasteiger partial charge in [0.2, 0.25) is 0 Å². The maximum Gasteiger partial charge on any atom is 0.144 e. The van der Waals surface area contributed by atoms with Gasteiger partial charge in [0, 0.05) is 11.2 Å². The van der Waals surface area contributed by atoms with Crippen LogP contribution in [0.4, 0.5) is 5.69 Å². The highest BCUT2D eigenvalue weighted by Crippen LogP contribution is 2.26. The Morgan fingerprint density at radius 1 is 1.12 bits per heavy atom. The number of benzene rings is 2. The van der Waals surface area contributed by atoms with Gasteiger partial charge in [0.15, 0.2) is 0 Å². The molecule has 0 bridgehead atoms. The minimum Gasteiger partial charge on any atom is -0.494 e. The molecule has 0 aliphatic rings. The number of methoxy groups -OCH3 is 1. The molecule has 0 aromatic heterocycles. The van der Waals surface area contributed by atoms with E-state index in [1.165, 1.54) is 0 Å². The Kier molecular flexibility index (Phi) is 3.78. The summed E-state index contributed by atoms with van der Waals surface area (Å²) in [5, 5.41) is 0.703. The zero-order valence-corrected chi connectivity index (χ0v) is 10.2. The van der Waals surface area contributed by atoms with Crippen molar-refractivity contribution < 1.29 is 4.74 Å². The molecule has 0 aliphatic heterocycles. The van der Waals surface area contributed by atoms with E-state index in [1.54, 1.807) is 13.3 Å². The number of para-hydroxylation sites is 2. The van der Waals surface area contributed by atoms with Gasteiger partial charge >= 0.3 is 0 Å². The summed E-state index contributed by atoms with van der Waals surface area (Å²) in [7, 11) is 1.63. The number of rotatable bonds is 3. The Bertz CT molecular complexity index is 537. The predicted molar refractivity (Wildman–Crippen MR) is 71.7 cm³/mol. The first kappa shape index (κ1) is 11.7. The number of halogens is 1. The van der Waals surface area contributed by atoms with Crippen molar-refractivity contribution >= 4 is 23.5 Å². The Labute approximate surface area is 106 Å². The Hall–Kier alpha value is -1.80. The van der Waals surface area contributed by atoms with Crippen LogP contribution in [0.3, 0.4) is 0 Å². The van der Waals surface area contributed by atoms with Crippen molar-refractivity contribution in [2.24, 2.45) is 4.99 Å². The molecule has 0 heterocycles. The molecule has 0 fully saturated rings. The van der Waals surface area contributed by atoms with Crippen molar-refractivity contribution in [3.8, 4) is 5.75 Å². The summed E-state index contributed by atoms with van der Waals surface area (Å²) in [4.78, 5) is 4.38. The van der Waals surface area contributed by atoms with Gasteiger partial charge in [0.1, 0.15) is 11.4 Å². The number of ether oxygens (including phenoxy) is 1. The monoisotopic (exact) mass is 245 g/mol. The van der Waals surface area contributed by atoms with E-state index in [0.717, 1.165) is 17.0 Å². The van der Waals surface area contributed by atoms with Gasteiger partial charge in [-0.2, -0.15) is 0 Å². The lowest BCUT2D eigenvalue weighted by Gasteiger charge is -2.02. The van der Waals surface area contributed by atoms with E-state index in [9.17, 15) is 0 Å². The summed E-state index contributed by atoms with van der Waals surface area (Å²) in [5.74, 6) is 0.755. The maximum atomic E-state index is 5.90. The molecule has 0 N–H and O–H groups in total. The zero-order valence-electron chi connectivity index (χ0n) is 9.43. The van der Waals surface area contributed by atoms with Gasteiger partial charge in [0.25, 0.3) is 0 Å². The molecule has 17 heavy (non-hydrogen) atoms. The fourth-order valence-electron chi connectivity index (χ4n) is 1.47. The molecule has 0 unspecified atom stereocenters. The smallest absolute Gasteiger partial charge is 0.144 e. The van der Waals surface area contributed by atoms with Crippen LogP contribution in [0.2, 0.25) is 5.02 Å². The van der Waals surface area contributed by atoms with Gasteiger partial charge in [-0.15, -0.1) is 0 Å². The summed E-state index contributed by atoms with van der Waals surface area (Å²) >= 11 is 5.90. The molecule has 0 atom stereocenters. The van der Waals surface area contributed by atoms with Crippen LogP contribution in [-0.4, -0.2) is 13.3 Å². The van der Waals surface area contributed by atoms with Crippen molar-refractivity contribution in [2.45, 2.75) is 0 Å². The number of hydrogen-bond donors (Lipinski definition) is 0. The molecule has 86 valence electrons. The summed E-state index contributed by atoms with van der Waals surface area (Å²) in [5.41, 5.74) is 1.76. The van der Waals surface area contributed by atoms with Crippen LogP contribution in [0, 0.1) is 0 Å². The lowest BCUT2D eigenvalue weighted by atomic mass is 10.2. The SMILES string of the molecule is COc1ccccc1N=Cc1cccc(Cl)c1. The third-order valence-corrected chi connectivity index (χ3v) is 2.52. The number of nitrogens with zero attached hydrogens (tertiary/aromatic N) is 1. The highest BCUT2D eigenvalue weighted by Gasteiger charge is 1.97. The summed E-state index contributed by atoms with van der Waals surface area (Å²) in [6, 6.07) is 15.2. The fraction of sp³-hybridized carbons (Fsp3) is 0.0714. The van der Waals surface area contributed by atoms with E-state index in [4.69, 9.17) is 16.3 Å². The van der Waals surface area contributed by atoms with Crippen molar-refractivity contribution in [1.82, 2.24) is 0 Å². The first-order chi connectivity index (χ1) is 8.29. The maximum absolute atomic E-state index is 5.90. The Balaban J connectivity index is 2.26. The van der Waals surface area contributed by atoms with Crippen LogP contribution < -0.4 is 4.74 Å². The van der Waals surface area contributed by atoms with E-state index in [2.05, 4.69) is 4.99 Å². The lowest BCUT2D eigenvalue weighted by Crippen LogP contribution is -1.84. The molecule has 2 aromatic carbocycles. The van der Waals surface area contributed by atoms with Crippen molar-refractivity contribution in [3.63, 3.8) is 0 Å². The van der Waals surface area contributed by atoms with Gasteiger partial charge in [0.05, 0.1) is 7.11 Å². The highest BCUT2D eigenvalue weighted by atomic mass is 35.5. The molecule has 0 saturated carbocycles. The normalized spacial score (nSPS) is 10.7. The van der Waals surface area contributed by atoms with Crippen LogP contribution in [0.1, 0.15) is 5.56 Å². The molecule has 0 saturated heterocycles.